The number of piperidine rings is 1. The summed E-state index contributed by atoms with van der Waals surface area (Å²) in [5.41, 5.74) is 0. The number of hydrogen-bond donors (Lipinski definition) is 2. The molecule has 1 heterocycles. The Morgan fingerprint density at radius 2 is 1.80 bits per heavy atom. The molecule has 0 aliphatic carbocycles. The maximum atomic E-state index is 12.7. The summed E-state index contributed by atoms with van der Waals surface area (Å²) in [6.07, 6.45) is 0.892. The zero-order valence-corrected chi connectivity index (χ0v) is 16.5. The van der Waals surface area contributed by atoms with E-state index in [9.17, 15) is 16.8 Å². The molecule has 0 saturated carbocycles. The second-order valence-electron chi connectivity index (χ2n) is 6.26. The predicted molar refractivity (Wildman–Crippen MR) is 97.3 cm³/mol. The highest BCUT2D eigenvalue weighted by Crippen LogP contribution is 2.21. The highest BCUT2D eigenvalue weighted by atomic mass is 32.2. The minimum absolute atomic E-state index is 0.00565. The van der Waals surface area contributed by atoms with Gasteiger partial charge in [-0.2, -0.15) is 4.31 Å². The summed E-state index contributed by atoms with van der Waals surface area (Å²) in [7, 11) is -7.49. The zero-order chi connectivity index (χ0) is 18.7. The maximum absolute atomic E-state index is 12.7. The Balaban J connectivity index is 2.31. The predicted octanol–water partition coefficient (Wildman–Crippen LogP) is 0.993. The van der Waals surface area contributed by atoms with E-state index in [0.29, 0.717) is 19.6 Å². The molecule has 0 bridgehead atoms. The van der Waals surface area contributed by atoms with Gasteiger partial charge in [-0.3, -0.25) is 0 Å². The molecule has 2 atom stereocenters. The number of sulfonamides is 2. The first-order valence-corrected chi connectivity index (χ1v) is 11.5. The van der Waals surface area contributed by atoms with Crippen molar-refractivity contribution in [3.05, 3.63) is 24.3 Å². The lowest BCUT2D eigenvalue weighted by molar-refractivity contribution is 0.327. The Labute approximate surface area is 150 Å². The van der Waals surface area contributed by atoms with Crippen LogP contribution < -0.4 is 10.0 Å². The lowest BCUT2D eigenvalue weighted by Gasteiger charge is -2.30. The topological polar surface area (TPSA) is 95.6 Å². The lowest BCUT2D eigenvalue weighted by Crippen LogP contribution is -2.50. The number of benzene rings is 1. The second-order valence-corrected chi connectivity index (χ2v) is 9.91. The summed E-state index contributed by atoms with van der Waals surface area (Å²) >= 11 is 0. The standard InChI is InChI=1S/C16H27N3O4S2/c1-4-19(5-2)25(22,23)15-8-6-7-14(11-15)24(20,21)18-16-12-17-10-9-13(16)3/h6-8,11,13,16-18H,4-5,9-10,12H2,1-3H3. The molecule has 1 aliphatic heterocycles. The van der Waals surface area contributed by atoms with Gasteiger partial charge in [-0.05, 0) is 37.1 Å². The smallest absolute Gasteiger partial charge is 0.243 e. The van der Waals surface area contributed by atoms with Crippen LogP contribution in [0.3, 0.4) is 0 Å². The van der Waals surface area contributed by atoms with Crippen molar-refractivity contribution in [2.45, 2.75) is 43.0 Å². The van der Waals surface area contributed by atoms with Gasteiger partial charge in [0.15, 0.2) is 0 Å². The summed E-state index contributed by atoms with van der Waals surface area (Å²) in [4.78, 5) is -0.0348. The Bertz CT molecular complexity index is 789. The van der Waals surface area contributed by atoms with Crippen molar-refractivity contribution in [2.75, 3.05) is 26.2 Å². The molecule has 1 aromatic carbocycles. The molecular formula is C16H27N3O4S2. The van der Waals surface area contributed by atoms with Crippen LogP contribution in [0.5, 0.6) is 0 Å². The molecule has 142 valence electrons. The maximum Gasteiger partial charge on any atom is 0.243 e. The minimum Gasteiger partial charge on any atom is -0.315 e. The van der Waals surface area contributed by atoms with Gasteiger partial charge in [0, 0.05) is 25.7 Å². The van der Waals surface area contributed by atoms with Crippen molar-refractivity contribution >= 4 is 20.0 Å². The first kappa shape index (κ1) is 20.3. The van der Waals surface area contributed by atoms with E-state index >= 15 is 0 Å². The van der Waals surface area contributed by atoms with Gasteiger partial charge < -0.3 is 5.32 Å². The van der Waals surface area contributed by atoms with E-state index in [1.807, 2.05) is 6.92 Å². The molecule has 9 heteroatoms. The first-order valence-electron chi connectivity index (χ1n) is 8.55. The third kappa shape index (κ3) is 4.59. The highest BCUT2D eigenvalue weighted by molar-refractivity contribution is 7.90. The van der Waals surface area contributed by atoms with Gasteiger partial charge >= 0.3 is 0 Å². The number of nitrogens with one attached hydrogen (secondary N) is 2. The number of hydrogen-bond acceptors (Lipinski definition) is 5. The van der Waals surface area contributed by atoms with Crippen molar-refractivity contribution in [2.24, 2.45) is 5.92 Å². The van der Waals surface area contributed by atoms with Gasteiger partial charge in [0.25, 0.3) is 0 Å². The Morgan fingerprint density at radius 3 is 2.40 bits per heavy atom. The van der Waals surface area contributed by atoms with Crippen LogP contribution in [0.2, 0.25) is 0 Å². The Morgan fingerprint density at radius 1 is 1.16 bits per heavy atom. The lowest BCUT2D eigenvalue weighted by atomic mass is 9.96. The SMILES string of the molecule is CCN(CC)S(=O)(=O)c1cccc(S(=O)(=O)NC2CNCCC2C)c1. The molecule has 7 nitrogen and oxygen atoms in total. The first-order chi connectivity index (χ1) is 11.7. The normalized spacial score (nSPS) is 22.2. The molecule has 1 fully saturated rings. The zero-order valence-electron chi connectivity index (χ0n) is 14.9. The molecule has 2 rings (SSSR count). The molecule has 0 aromatic heterocycles. The van der Waals surface area contributed by atoms with Gasteiger partial charge in [0.05, 0.1) is 9.79 Å². The third-order valence-corrected chi connectivity index (χ3v) is 8.13. The average molecular weight is 390 g/mol. The fourth-order valence-electron chi connectivity index (χ4n) is 2.93. The third-order valence-electron chi connectivity index (χ3n) is 4.59. The highest BCUT2D eigenvalue weighted by Gasteiger charge is 2.28. The van der Waals surface area contributed by atoms with Gasteiger partial charge in [-0.1, -0.05) is 26.8 Å². The van der Waals surface area contributed by atoms with Gasteiger partial charge in [-0.25, -0.2) is 21.6 Å². The van der Waals surface area contributed by atoms with Gasteiger partial charge in [-0.15, -0.1) is 0 Å². The molecule has 1 aliphatic rings. The summed E-state index contributed by atoms with van der Waals surface area (Å²) in [5.74, 6) is 0.221. The molecule has 0 spiro atoms. The monoisotopic (exact) mass is 389 g/mol. The largest absolute Gasteiger partial charge is 0.315 e. The summed E-state index contributed by atoms with van der Waals surface area (Å²) in [6, 6.07) is 5.34. The molecule has 25 heavy (non-hydrogen) atoms. The van der Waals surface area contributed by atoms with Crippen molar-refractivity contribution < 1.29 is 16.8 Å². The van der Waals surface area contributed by atoms with E-state index in [2.05, 4.69) is 10.0 Å². The fraction of sp³-hybridized carbons (Fsp3) is 0.625. The van der Waals surface area contributed by atoms with Crippen LogP contribution in [0.4, 0.5) is 0 Å². The van der Waals surface area contributed by atoms with Crippen molar-refractivity contribution in [1.82, 2.24) is 14.3 Å². The van der Waals surface area contributed by atoms with E-state index in [-0.39, 0.29) is 21.8 Å². The van der Waals surface area contributed by atoms with E-state index in [1.165, 1.54) is 28.6 Å². The van der Waals surface area contributed by atoms with Crippen LogP contribution in [-0.4, -0.2) is 53.4 Å². The molecular weight excluding hydrogens is 362 g/mol. The quantitative estimate of drug-likeness (QED) is 0.725. The van der Waals surface area contributed by atoms with E-state index in [4.69, 9.17) is 0 Å². The molecule has 1 aromatic rings. The van der Waals surface area contributed by atoms with E-state index in [0.717, 1.165) is 13.0 Å². The Hall–Kier alpha value is -1.00. The molecule has 0 radical (unpaired) electrons. The van der Waals surface area contributed by atoms with Crippen LogP contribution in [0, 0.1) is 5.92 Å². The van der Waals surface area contributed by atoms with Crippen LogP contribution in [0.15, 0.2) is 34.1 Å². The molecule has 0 amide bonds. The Kier molecular flexibility index (Phi) is 6.61. The number of nitrogens with zero attached hydrogens (tertiary/aromatic N) is 1. The van der Waals surface area contributed by atoms with Crippen LogP contribution in [-0.2, 0) is 20.0 Å². The summed E-state index contributed by atoms with van der Waals surface area (Å²) in [5, 5.41) is 3.18. The molecule has 2 unspecified atom stereocenters. The van der Waals surface area contributed by atoms with E-state index < -0.39 is 20.0 Å². The number of rotatable bonds is 7. The van der Waals surface area contributed by atoms with Crippen molar-refractivity contribution in [1.29, 1.82) is 0 Å². The van der Waals surface area contributed by atoms with E-state index in [1.54, 1.807) is 13.8 Å². The van der Waals surface area contributed by atoms with Crippen molar-refractivity contribution in [3.8, 4) is 0 Å². The summed E-state index contributed by atoms with van der Waals surface area (Å²) < 4.78 is 54.6. The van der Waals surface area contributed by atoms with Crippen LogP contribution in [0.1, 0.15) is 27.2 Å². The van der Waals surface area contributed by atoms with Gasteiger partial charge in [0.2, 0.25) is 20.0 Å². The van der Waals surface area contributed by atoms with Gasteiger partial charge in [0.1, 0.15) is 0 Å². The minimum atomic E-state index is -3.79. The van der Waals surface area contributed by atoms with Crippen molar-refractivity contribution in [3.63, 3.8) is 0 Å². The average Bonchev–Trinajstić information content (AvgIpc) is 2.58. The molecule has 2 N–H and O–H groups in total. The van der Waals surface area contributed by atoms with Crippen LogP contribution in [0.25, 0.3) is 0 Å². The molecule has 1 saturated heterocycles. The van der Waals surface area contributed by atoms with Crippen LogP contribution >= 0.6 is 0 Å². The second kappa shape index (κ2) is 8.13. The fourth-order valence-corrected chi connectivity index (χ4v) is 5.90. The summed E-state index contributed by atoms with van der Waals surface area (Å²) in [6.45, 7) is 7.62.